The summed E-state index contributed by atoms with van der Waals surface area (Å²) in [5.41, 5.74) is 1.11. The number of aromatic nitrogens is 1. The second-order valence-electron chi connectivity index (χ2n) is 6.59. The molecule has 0 radical (unpaired) electrons. The number of nitrogens with one attached hydrogen (secondary N) is 1. The van der Waals surface area contributed by atoms with E-state index in [1.165, 1.54) is 12.1 Å². The number of aryl methyl sites for hydroxylation is 2. The SMILES string of the molecule is CCNC(=NCCCCc1nc(C)cs1)N1CC(C)C(C(=O)OC)C1.I. The minimum absolute atomic E-state index is 0. The first-order valence-electron chi connectivity index (χ1n) is 9.07. The van der Waals surface area contributed by atoms with Crippen molar-refractivity contribution in [1.82, 2.24) is 15.2 Å². The highest BCUT2D eigenvalue weighted by molar-refractivity contribution is 14.0. The molecular formula is C18H31IN4O2S. The summed E-state index contributed by atoms with van der Waals surface area (Å²) in [5, 5.41) is 6.66. The van der Waals surface area contributed by atoms with Crippen molar-refractivity contribution in [2.45, 2.75) is 40.0 Å². The number of hydrogen-bond donors (Lipinski definition) is 1. The summed E-state index contributed by atoms with van der Waals surface area (Å²) >= 11 is 1.74. The number of esters is 1. The van der Waals surface area contributed by atoms with Gasteiger partial charge in [-0.25, -0.2) is 4.98 Å². The molecular weight excluding hydrogens is 463 g/mol. The number of halogens is 1. The van der Waals surface area contributed by atoms with E-state index >= 15 is 0 Å². The smallest absolute Gasteiger partial charge is 0.310 e. The maximum atomic E-state index is 11.9. The number of carbonyl (C=O) groups is 1. The summed E-state index contributed by atoms with van der Waals surface area (Å²) in [5.74, 6) is 1.00. The Morgan fingerprint density at radius 2 is 2.23 bits per heavy atom. The first-order chi connectivity index (χ1) is 12.0. The van der Waals surface area contributed by atoms with Gasteiger partial charge in [0.05, 0.1) is 18.0 Å². The van der Waals surface area contributed by atoms with Crippen molar-refractivity contribution < 1.29 is 9.53 Å². The van der Waals surface area contributed by atoms with Crippen molar-refractivity contribution in [1.29, 1.82) is 0 Å². The Hall–Kier alpha value is -0.900. The molecule has 0 amide bonds. The van der Waals surface area contributed by atoms with Gasteiger partial charge >= 0.3 is 5.97 Å². The number of aliphatic imine (C=N–C) groups is 1. The molecule has 0 spiro atoms. The number of methoxy groups -OCH3 is 1. The molecule has 0 aliphatic carbocycles. The average Bonchev–Trinajstić information content (AvgIpc) is 3.18. The van der Waals surface area contributed by atoms with Crippen LogP contribution in [0.4, 0.5) is 0 Å². The van der Waals surface area contributed by atoms with Crippen LogP contribution in [-0.2, 0) is 16.0 Å². The molecule has 1 aromatic rings. The van der Waals surface area contributed by atoms with E-state index in [-0.39, 0.29) is 41.8 Å². The van der Waals surface area contributed by atoms with E-state index in [2.05, 4.69) is 34.4 Å². The van der Waals surface area contributed by atoms with Gasteiger partial charge in [0.2, 0.25) is 0 Å². The zero-order valence-electron chi connectivity index (χ0n) is 16.2. The Morgan fingerprint density at radius 3 is 2.85 bits per heavy atom. The van der Waals surface area contributed by atoms with Gasteiger partial charge < -0.3 is 15.0 Å². The second-order valence-corrected chi connectivity index (χ2v) is 7.53. The number of likely N-dealkylation sites (tertiary alicyclic amines) is 1. The summed E-state index contributed by atoms with van der Waals surface area (Å²) in [6.07, 6.45) is 3.16. The molecule has 2 atom stereocenters. The molecule has 1 aliphatic rings. The van der Waals surface area contributed by atoms with E-state index in [1.807, 2.05) is 6.92 Å². The second kappa shape index (κ2) is 11.7. The number of carbonyl (C=O) groups excluding carboxylic acids is 1. The van der Waals surface area contributed by atoms with E-state index in [9.17, 15) is 4.79 Å². The van der Waals surface area contributed by atoms with Crippen LogP contribution >= 0.6 is 35.3 Å². The van der Waals surface area contributed by atoms with E-state index in [1.54, 1.807) is 11.3 Å². The molecule has 2 unspecified atom stereocenters. The predicted octanol–water partition coefficient (Wildman–Crippen LogP) is 3.10. The summed E-state index contributed by atoms with van der Waals surface area (Å²) in [7, 11) is 1.46. The summed E-state index contributed by atoms with van der Waals surface area (Å²) in [6.45, 7) is 9.33. The highest BCUT2D eigenvalue weighted by Crippen LogP contribution is 2.24. The fraction of sp³-hybridized carbons (Fsp3) is 0.722. The fourth-order valence-electron chi connectivity index (χ4n) is 3.11. The van der Waals surface area contributed by atoms with Crippen LogP contribution in [0.25, 0.3) is 0 Å². The van der Waals surface area contributed by atoms with Gasteiger partial charge in [-0.3, -0.25) is 9.79 Å². The number of hydrogen-bond acceptors (Lipinski definition) is 5. The normalized spacial score (nSPS) is 20.0. The zero-order chi connectivity index (χ0) is 18.2. The highest BCUT2D eigenvalue weighted by Gasteiger charge is 2.36. The molecule has 148 valence electrons. The topological polar surface area (TPSA) is 66.8 Å². The summed E-state index contributed by atoms with van der Waals surface area (Å²) < 4.78 is 4.92. The first kappa shape index (κ1) is 23.1. The third-order valence-corrected chi connectivity index (χ3v) is 5.50. The van der Waals surface area contributed by atoms with Crippen molar-refractivity contribution in [3.8, 4) is 0 Å². The van der Waals surface area contributed by atoms with Crippen LogP contribution in [0.2, 0.25) is 0 Å². The lowest BCUT2D eigenvalue weighted by Crippen LogP contribution is -2.40. The molecule has 26 heavy (non-hydrogen) atoms. The molecule has 0 saturated carbocycles. The molecule has 1 aliphatic heterocycles. The van der Waals surface area contributed by atoms with Gasteiger partial charge in [0, 0.05) is 37.3 Å². The van der Waals surface area contributed by atoms with Crippen LogP contribution < -0.4 is 5.32 Å². The van der Waals surface area contributed by atoms with Crippen LogP contribution in [0.5, 0.6) is 0 Å². The molecule has 0 aromatic carbocycles. The molecule has 2 rings (SSSR count). The summed E-state index contributed by atoms with van der Waals surface area (Å²) in [4.78, 5) is 23.3. The Morgan fingerprint density at radius 1 is 1.46 bits per heavy atom. The van der Waals surface area contributed by atoms with Gasteiger partial charge in [-0.2, -0.15) is 0 Å². The van der Waals surface area contributed by atoms with E-state index in [4.69, 9.17) is 9.73 Å². The number of thiazole rings is 1. The van der Waals surface area contributed by atoms with Crippen molar-refractivity contribution in [2.75, 3.05) is 33.3 Å². The number of guanidine groups is 1. The molecule has 6 nitrogen and oxygen atoms in total. The monoisotopic (exact) mass is 494 g/mol. The van der Waals surface area contributed by atoms with Gasteiger partial charge in [-0.1, -0.05) is 6.92 Å². The molecule has 2 heterocycles. The number of nitrogens with zero attached hydrogens (tertiary/aromatic N) is 3. The summed E-state index contributed by atoms with van der Waals surface area (Å²) in [6, 6.07) is 0. The van der Waals surface area contributed by atoms with Crippen LogP contribution in [0.15, 0.2) is 10.4 Å². The standard InChI is InChI=1S/C18H30N4O2S.HI/c1-5-19-18(22-10-13(2)15(11-22)17(23)24-4)20-9-7-6-8-16-21-14(3)12-25-16;/h12-13,15H,5-11H2,1-4H3,(H,19,20);1H. The van der Waals surface area contributed by atoms with Crippen molar-refractivity contribution in [3.63, 3.8) is 0 Å². The number of unbranched alkanes of at least 4 members (excludes halogenated alkanes) is 1. The maximum Gasteiger partial charge on any atom is 0.310 e. The van der Waals surface area contributed by atoms with Gasteiger partial charge in [-0.05, 0) is 39.0 Å². The van der Waals surface area contributed by atoms with Crippen LogP contribution in [0.1, 0.15) is 37.4 Å². The van der Waals surface area contributed by atoms with Crippen LogP contribution in [0, 0.1) is 18.8 Å². The van der Waals surface area contributed by atoms with Crippen molar-refractivity contribution in [2.24, 2.45) is 16.8 Å². The molecule has 1 fully saturated rings. The van der Waals surface area contributed by atoms with Crippen molar-refractivity contribution in [3.05, 3.63) is 16.1 Å². The van der Waals surface area contributed by atoms with E-state index < -0.39 is 0 Å². The Kier molecular flexibility index (Phi) is 10.4. The average molecular weight is 494 g/mol. The minimum atomic E-state index is -0.121. The molecule has 1 aromatic heterocycles. The number of rotatable bonds is 7. The number of ether oxygens (including phenoxy) is 1. The van der Waals surface area contributed by atoms with Gasteiger partial charge in [0.15, 0.2) is 5.96 Å². The fourth-order valence-corrected chi connectivity index (χ4v) is 3.93. The third-order valence-electron chi connectivity index (χ3n) is 4.48. The Balaban J connectivity index is 0.00000338. The Labute approximate surface area is 177 Å². The van der Waals surface area contributed by atoms with Gasteiger partial charge in [-0.15, -0.1) is 35.3 Å². The largest absolute Gasteiger partial charge is 0.469 e. The lowest BCUT2D eigenvalue weighted by atomic mass is 9.99. The van der Waals surface area contributed by atoms with Crippen LogP contribution in [-0.4, -0.2) is 55.1 Å². The first-order valence-corrected chi connectivity index (χ1v) is 9.95. The molecule has 1 N–H and O–H groups in total. The minimum Gasteiger partial charge on any atom is -0.469 e. The lowest BCUT2D eigenvalue weighted by molar-refractivity contribution is -0.145. The quantitative estimate of drug-likeness (QED) is 0.208. The van der Waals surface area contributed by atoms with E-state index in [0.29, 0.717) is 6.54 Å². The predicted molar refractivity (Wildman–Crippen MR) is 117 cm³/mol. The molecule has 0 bridgehead atoms. The van der Waals surface area contributed by atoms with Crippen LogP contribution in [0.3, 0.4) is 0 Å². The molecule has 8 heteroatoms. The van der Waals surface area contributed by atoms with Gasteiger partial charge in [0.1, 0.15) is 0 Å². The lowest BCUT2D eigenvalue weighted by Gasteiger charge is -2.21. The van der Waals surface area contributed by atoms with Crippen molar-refractivity contribution >= 4 is 47.2 Å². The highest BCUT2D eigenvalue weighted by atomic mass is 127. The third kappa shape index (κ3) is 6.68. The zero-order valence-corrected chi connectivity index (χ0v) is 19.3. The van der Waals surface area contributed by atoms with Gasteiger partial charge in [0.25, 0.3) is 0 Å². The maximum absolute atomic E-state index is 11.9. The Bertz CT molecular complexity index is 594. The van der Waals surface area contributed by atoms with E-state index in [0.717, 1.165) is 50.6 Å². The molecule has 1 saturated heterocycles.